The zero-order valence-electron chi connectivity index (χ0n) is 10.8. The van der Waals surface area contributed by atoms with Crippen LogP contribution in [0.2, 0.25) is 5.15 Å². The van der Waals surface area contributed by atoms with Crippen molar-refractivity contribution in [1.82, 2.24) is 20.1 Å². The topological polar surface area (TPSA) is 42.7 Å². The van der Waals surface area contributed by atoms with Crippen LogP contribution < -0.4 is 5.32 Å². The van der Waals surface area contributed by atoms with Crippen LogP contribution in [0.25, 0.3) is 0 Å². The SMILES string of the molecule is Cc1nn(C)c(Cl)c1CN[C@H](C)c1ccncc1. The van der Waals surface area contributed by atoms with Crippen LogP contribution in [-0.2, 0) is 13.6 Å². The number of nitrogens with one attached hydrogen (secondary N) is 1. The highest BCUT2D eigenvalue weighted by Crippen LogP contribution is 2.19. The Balaban J connectivity index is 2.04. The Bertz CT molecular complexity index is 521. The molecule has 1 atom stereocenters. The summed E-state index contributed by atoms with van der Waals surface area (Å²) in [6.45, 7) is 4.80. The summed E-state index contributed by atoms with van der Waals surface area (Å²) in [5.74, 6) is 0. The van der Waals surface area contributed by atoms with Crippen molar-refractivity contribution in [1.29, 1.82) is 0 Å². The largest absolute Gasteiger partial charge is 0.306 e. The van der Waals surface area contributed by atoms with Crippen molar-refractivity contribution in [3.8, 4) is 0 Å². The van der Waals surface area contributed by atoms with Gasteiger partial charge in [-0.2, -0.15) is 5.10 Å². The van der Waals surface area contributed by atoms with Gasteiger partial charge in [-0.15, -0.1) is 0 Å². The maximum absolute atomic E-state index is 6.19. The van der Waals surface area contributed by atoms with Gasteiger partial charge >= 0.3 is 0 Å². The maximum Gasteiger partial charge on any atom is 0.131 e. The maximum atomic E-state index is 6.19. The summed E-state index contributed by atoms with van der Waals surface area (Å²) in [6.07, 6.45) is 3.60. The Kier molecular flexibility index (Phi) is 3.99. The molecular formula is C13H17ClN4. The summed E-state index contributed by atoms with van der Waals surface area (Å²) in [5.41, 5.74) is 3.24. The number of pyridine rings is 1. The van der Waals surface area contributed by atoms with Crippen LogP contribution in [0, 0.1) is 6.92 Å². The molecule has 96 valence electrons. The Morgan fingerprint density at radius 1 is 1.39 bits per heavy atom. The third-order valence-electron chi connectivity index (χ3n) is 3.06. The number of aromatic nitrogens is 3. The summed E-state index contributed by atoms with van der Waals surface area (Å²) >= 11 is 6.19. The van der Waals surface area contributed by atoms with Gasteiger partial charge in [0, 0.05) is 37.6 Å². The lowest BCUT2D eigenvalue weighted by atomic mass is 10.1. The minimum atomic E-state index is 0.253. The third kappa shape index (κ3) is 2.71. The second kappa shape index (κ2) is 5.50. The van der Waals surface area contributed by atoms with Gasteiger partial charge in [-0.25, -0.2) is 0 Å². The fourth-order valence-electron chi connectivity index (χ4n) is 1.90. The van der Waals surface area contributed by atoms with Crippen LogP contribution >= 0.6 is 11.6 Å². The first-order valence-electron chi connectivity index (χ1n) is 5.91. The summed E-state index contributed by atoms with van der Waals surface area (Å²) in [5, 5.41) is 8.44. The van der Waals surface area contributed by atoms with E-state index in [1.807, 2.05) is 26.1 Å². The van der Waals surface area contributed by atoms with E-state index in [9.17, 15) is 0 Å². The quantitative estimate of drug-likeness (QED) is 0.923. The van der Waals surface area contributed by atoms with E-state index in [4.69, 9.17) is 11.6 Å². The second-order valence-corrected chi connectivity index (χ2v) is 4.72. The molecule has 2 aromatic rings. The zero-order valence-corrected chi connectivity index (χ0v) is 11.6. The van der Waals surface area contributed by atoms with Gasteiger partial charge in [-0.3, -0.25) is 9.67 Å². The zero-order chi connectivity index (χ0) is 13.1. The molecule has 0 saturated carbocycles. The lowest BCUT2D eigenvalue weighted by Crippen LogP contribution is -2.18. The van der Waals surface area contributed by atoms with Crippen LogP contribution in [0.5, 0.6) is 0 Å². The molecule has 0 aliphatic rings. The Labute approximate surface area is 112 Å². The molecule has 0 unspecified atom stereocenters. The van der Waals surface area contributed by atoms with Crippen LogP contribution in [0.15, 0.2) is 24.5 Å². The van der Waals surface area contributed by atoms with Crippen LogP contribution in [0.4, 0.5) is 0 Å². The molecule has 0 aliphatic carbocycles. The van der Waals surface area contributed by atoms with Crippen molar-refractivity contribution in [2.24, 2.45) is 7.05 Å². The molecule has 2 heterocycles. The second-order valence-electron chi connectivity index (χ2n) is 4.36. The summed E-state index contributed by atoms with van der Waals surface area (Å²) in [4.78, 5) is 4.02. The van der Waals surface area contributed by atoms with Crippen LogP contribution in [-0.4, -0.2) is 14.8 Å². The molecule has 0 aliphatic heterocycles. The molecule has 0 saturated heterocycles. The lowest BCUT2D eigenvalue weighted by Gasteiger charge is -2.13. The molecule has 2 rings (SSSR count). The molecule has 2 aromatic heterocycles. The van der Waals surface area contributed by atoms with Gasteiger partial charge in [0.2, 0.25) is 0 Å². The molecule has 0 radical (unpaired) electrons. The van der Waals surface area contributed by atoms with Crippen LogP contribution in [0.3, 0.4) is 0 Å². The van der Waals surface area contributed by atoms with E-state index in [-0.39, 0.29) is 6.04 Å². The van der Waals surface area contributed by atoms with E-state index in [2.05, 4.69) is 22.3 Å². The van der Waals surface area contributed by atoms with Crippen molar-refractivity contribution < 1.29 is 0 Å². The van der Waals surface area contributed by atoms with E-state index in [1.165, 1.54) is 5.56 Å². The van der Waals surface area contributed by atoms with Crippen molar-refractivity contribution >= 4 is 11.6 Å². The summed E-state index contributed by atoms with van der Waals surface area (Å²) in [6, 6.07) is 4.27. The number of hydrogen-bond donors (Lipinski definition) is 1. The molecule has 0 bridgehead atoms. The molecule has 0 fully saturated rings. The first kappa shape index (κ1) is 13.1. The first-order valence-corrected chi connectivity index (χ1v) is 6.28. The lowest BCUT2D eigenvalue weighted by molar-refractivity contribution is 0.573. The minimum absolute atomic E-state index is 0.253. The Morgan fingerprint density at radius 2 is 2.06 bits per heavy atom. The van der Waals surface area contributed by atoms with Gasteiger partial charge in [0.05, 0.1) is 5.69 Å². The third-order valence-corrected chi connectivity index (χ3v) is 3.53. The minimum Gasteiger partial charge on any atom is -0.306 e. The fourth-order valence-corrected chi connectivity index (χ4v) is 2.14. The van der Waals surface area contributed by atoms with Gasteiger partial charge in [-0.05, 0) is 31.5 Å². The van der Waals surface area contributed by atoms with E-state index < -0.39 is 0 Å². The van der Waals surface area contributed by atoms with Crippen molar-refractivity contribution in [3.63, 3.8) is 0 Å². The van der Waals surface area contributed by atoms with E-state index in [0.29, 0.717) is 11.7 Å². The smallest absolute Gasteiger partial charge is 0.131 e. The number of halogens is 1. The molecule has 4 nitrogen and oxygen atoms in total. The number of hydrogen-bond acceptors (Lipinski definition) is 3. The van der Waals surface area contributed by atoms with Crippen LogP contribution in [0.1, 0.15) is 29.8 Å². The Morgan fingerprint density at radius 3 is 2.61 bits per heavy atom. The molecule has 5 heteroatoms. The standard InChI is InChI=1S/C13H17ClN4/c1-9(11-4-6-15-7-5-11)16-8-12-10(2)17-18(3)13(12)14/h4-7,9,16H,8H2,1-3H3/t9-/m1/s1. The van der Waals surface area contributed by atoms with Crippen molar-refractivity contribution in [2.45, 2.75) is 26.4 Å². The molecular weight excluding hydrogens is 248 g/mol. The molecule has 0 aromatic carbocycles. The van der Waals surface area contributed by atoms with E-state index in [0.717, 1.165) is 11.3 Å². The molecule has 18 heavy (non-hydrogen) atoms. The number of nitrogens with zero attached hydrogens (tertiary/aromatic N) is 3. The van der Waals surface area contributed by atoms with Gasteiger partial charge in [0.15, 0.2) is 0 Å². The Hall–Kier alpha value is -1.39. The highest BCUT2D eigenvalue weighted by Gasteiger charge is 2.12. The van der Waals surface area contributed by atoms with E-state index >= 15 is 0 Å². The van der Waals surface area contributed by atoms with E-state index in [1.54, 1.807) is 17.1 Å². The van der Waals surface area contributed by atoms with Gasteiger partial charge in [0.1, 0.15) is 5.15 Å². The first-order chi connectivity index (χ1) is 8.59. The van der Waals surface area contributed by atoms with Gasteiger partial charge < -0.3 is 5.32 Å². The summed E-state index contributed by atoms with van der Waals surface area (Å²) < 4.78 is 1.70. The van der Waals surface area contributed by atoms with Gasteiger partial charge in [0.25, 0.3) is 0 Å². The van der Waals surface area contributed by atoms with Gasteiger partial charge in [-0.1, -0.05) is 11.6 Å². The number of rotatable bonds is 4. The normalized spacial score (nSPS) is 12.7. The highest BCUT2D eigenvalue weighted by atomic mass is 35.5. The molecule has 0 spiro atoms. The predicted molar refractivity (Wildman–Crippen MR) is 72.4 cm³/mol. The monoisotopic (exact) mass is 264 g/mol. The predicted octanol–water partition coefficient (Wildman–Crippen LogP) is 2.63. The van der Waals surface area contributed by atoms with Crippen molar-refractivity contribution in [2.75, 3.05) is 0 Å². The van der Waals surface area contributed by atoms with Crippen molar-refractivity contribution in [3.05, 3.63) is 46.5 Å². The average Bonchev–Trinajstić information content (AvgIpc) is 2.62. The fraction of sp³-hybridized carbons (Fsp3) is 0.385. The highest BCUT2D eigenvalue weighted by molar-refractivity contribution is 6.30. The summed E-state index contributed by atoms with van der Waals surface area (Å²) in [7, 11) is 1.85. The average molecular weight is 265 g/mol. The molecule has 0 amide bonds. The number of aryl methyl sites for hydroxylation is 2. The molecule has 1 N–H and O–H groups in total.